The summed E-state index contributed by atoms with van der Waals surface area (Å²) >= 11 is 0. The second kappa shape index (κ2) is 5.15. The molecule has 0 saturated heterocycles. The molecule has 0 bridgehead atoms. The molecular formula is C12H24N2O2. The smallest absolute Gasteiger partial charge is 0.220 e. The summed E-state index contributed by atoms with van der Waals surface area (Å²) < 4.78 is 0. The Morgan fingerprint density at radius 1 is 1.38 bits per heavy atom. The van der Waals surface area contributed by atoms with Gasteiger partial charge in [-0.3, -0.25) is 4.79 Å². The topological polar surface area (TPSA) is 75.3 Å². The lowest BCUT2D eigenvalue weighted by atomic mass is 9.85. The van der Waals surface area contributed by atoms with Crippen molar-refractivity contribution in [3.8, 4) is 0 Å². The van der Waals surface area contributed by atoms with E-state index in [-0.39, 0.29) is 17.9 Å². The number of rotatable bonds is 4. The van der Waals surface area contributed by atoms with Crippen molar-refractivity contribution in [3.05, 3.63) is 0 Å². The fourth-order valence-corrected chi connectivity index (χ4v) is 2.10. The summed E-state index contributed by atoms with van der Waals surface area (Å²) in [7, 11) is 0. The monoisotopic (exact) mass is 228 g/mol. The van der Waals surface area contributed by atoms with E-state index in [4.69, 9.17) is 5.73 Å². The minimum absolute atomic E-state index is 0.0514. The zero-order chi connectivity index (χ0) is 12.3. The molecule has 1 atom stereocenters. The molecule has 0 heterocycles. The Balaban J connectivity index is 2.35. The van der Waals surface area contributed by atoms with Gasteiger partial charge in [0.15, 0.2) is 0 Å². The van der Waals surface area contributed by atoms with Gasteiger partial charge in [-0.1, -0.05) is 0 Å². The van der Waals surface area contributed by atoms with Gasteiger partial charge in [0.05, 0.1) is 5.60 Å². The van der Waals surface area contributed by atoms with Crippen LogP contribution in [0.3, 0.4) is 0 Å². The van der Waals surface area contributed by atoms with E-state index in [2.05, 4.69) is 5.32 Å². The van der Waals surface area contributed by atoms with Crippen LogP contribution in [0.5, 0.6) is 0 Å². The second-order valence-electron chi connectivity index (χ2n) is 5.49. The first-order valence-corrected chi connectivity index (χ1v) is 6.08. The Morgan fingerprint density at radius 3 is 2.25 bits per heavy atom. The molecule has 0 aromatic heterocycles. The summed E-state index contributed by atoms with van der Waals surface area (Å²) in [5, 5.41) is 13.2. The Morgan fingerprint density at radius 2 is 1.88 bits per heavy atom. The van der Waals surface area contributed by atoms with Crippen molar-refractivity contribution >= 4 is 5.91 Å². The van der Waals surface area contributed by atoms with E-state index in [1.165, 1.54) is 0 Å². The number of hydrogen-bond donors (Lipinski definition) is 3. The van der Waals surface area contributed by atoms with Crippen molar-refractivity contribution in [3.63, 3.8) is 0 Å². The van der Waals surface area contributed by atoms with Crippen LogP contribution in [0.1, 0.15) is 46.5 Å². The van der Waals surface area contributed by atoms with Crippen LogP contribution < -0.4 is 11.1 Å². The van der Waals surface area contributed by atoms with Gasteiger partial charge < -0.3 is 16.2 Å². The summed E-state index contributed by atoms with van der Waals surface area (Å²) in [5.41, 5.74) is 4.58. The summed E-state index contributed by atoms with van der Waals surface area (Å²) in [5.74, 6) is -0.121. The molecule has 1 aliphatic rings. The van der Waals surface area contributed by atoms with Gasteiger partial charge in [-0.2, -0.15) is 0 Å². The average Bonchev–Trinajstić information content (AvgIpc) is 2.17. The Hall–Kier alpha value is -0.610. The quantitative estimate of drug-likeness (QED) is 0.665. The molecule has 4 heteroatoms. The zero-order valence-electron chi connectivity index (χ0n) is 10.5. The van der Waals surface area contributed by atoms with E-state index in [1.807, 2.05) is 6.92 Å². The SMILES string of the molecule is CC(NC1CCC(C(N)=O)CC1)C(C)(C)O. The molecule has 1 fully saturated rings. The third kappa shape index (κ3) is 3.76. The number of carbonyl (C=O) groups excluding carboxylic acids is 1. The standard InChI is InChI=1S/C12H24N2O2/c1-8(12(2,3)16)14-10-6-4-9(5-7-10)11(13)15/h8-10,14,16H,4-7H2,1-3H3,(H2,13,15). The van der Waals surface area contributed by atoms with Crippen LogP contribution in [-0.2, 0) is 4.79 Å². The van der Waals surface area contributed by atoms with Gasteiger partial charge in [0.1, 0.15) is 0 Å². The van der Waals surface area contributed by atoms with Crippen molar-refractivity contribution in [2.45, 2.75) is 64.1 Å². The lowest BCUT2D eigenvalue weighted by molar-refractivity contribution is -0.122. The van der Waals surface area contributed by atoms with E-state index < -0.39 is 5.60 Å². The van der Waals surface area contributed by atoms with Gasteiger partial charge in [0.2, 0.25) is 5.91 Å². The molecular weight excluding hydrogens is 204 g/mol. The highest BCUT2D eigenvalue weighted by Gasteiger charge is 2.29. The Kier molecular flexibility index (Phi) is 4.33. The average molecular weight is 228 g/mol. The van der Waals surface area contributed by atoms with E-state index in [0.29, 0.717) is 6.04 Å². The number of carbonyl (C=O) groups is 1. The Labute approximate surface area is 97.6 Å². The van der Waals surface area contributed by atoms with E-state index >= 15 is 0 Å². The zero-order valence-corrected chi connectivity index (χ0v) is 10.5. The van der Waals surface area contributed by atoms with E-state index in [0.717, 1.165) is 25.7 Å². The Bertz CT molecular complexity index is 240. The maximum atomic E-state index is 11.0. The normalized spacial score (nSPS) is 28.8. The predicted molar refractivity (Wildman–Crippen MR) is 63.8 cm³/mol. The largest absolute Gasteiger partial charge is 0.389 e. The molecule has 1 amide bonds. The maximum Gasteiger partial charge on any atom is 0.220 e. The molecule has 94 valence electrons. The van der Waals surface area contributed by atoms with Crippen molar-refractivity contribution in [2.24, 2.45) is 11.7 Å². The molecule has 0 aliphatic heterocycles. The van der Waals surface area contributed by atoms with Crippen LogP contribution in [0.2, 0.25) is 0 Å². The molecule has 0 aromatic carbocycles. The molecule has 16 heavy (non-hydrogen) atoms. The van der Waals surface area contributed by atoms with Crippen LogP contribution in [0.15, 0.2) is 0 Å². The molecule has 1 saturated carbocycles. The van der Waals surface area contributed by atoms with Crippen molar-refractivity contribution in [2.75, 3.05) is 0 Å². The van der Waals surface area contributed by atoms with Crippen LogP contribution in [0.25, 0.3) is 0 Å². The summed E-state index contributed by atoms with van der Waals surface area (Å²) in [6.45, 7) is 5.60. The molecule has 4 N–H and O–H groups in total. The number of nitrogens with one attached hydrogen (secondary N) is 1. The number of primary amides is 1. The highest BCUT2D eigenvalue weighted by Crippen LogP contribution is 2.25. The highest BCUT2D eigenvalue weighted by molar-refractivity contribution is 5.76. The van der Waals surface area contributed by atoms with E-state index in [1.54, 1.807) is 13.8 Å². The molecule has 0 radical (unpaired) electrons. The van der Waals surface area contributed by atoms with Crippen molar-refractivity contribution < 1.29 is 9.90 Å². The fourth-order valence-electron chi connectivity index (χ4n) is 2.10. The molecule has 4 nitrogen and oxygen atoms in total. The van der Waals surface area contributed by atoms with Gasteiger partial charge in [0.25, 0.3) is 0 Å². The molecule has 0 aromatic rings. The minimum Gasteiger partial charge on any atom is -0.389 e. The molecule has 1 aliphatic carbocycles. The van der Waals surface area contributed by atoms with E-state index in [9.17, 15) is 9.90 Å². The number of aliphatic hydroxyl groups is 1. The van der Waals surface area contributed by atoms with Crippen molar-refractivity contribution in [1.82, 2.24) is 5.32 Å². The molecule has 0 spiro atoms. The molecule has 1 unspecified atom stereocenters. The van der Waals surface area contributed by atoms with Crippen LogP contribution in [-0.4, -0.2) is 28.7 Å². The first-order chi connectivity index (χ1) is 7.30. The molecule has 1 rings (SSSR count). The van der Waals surface area contributed by atoms with Gasteiger partial charge in [0, 0.05) is 18.0 Å². The van der Waals surface area contributed by atoms with Gasteiger partial charge in [-0.15, -0.1) is 0 Å². The second-order valence-corrected chi connectivity index (χ2v) is 5.49. The number of amides is 1. The van der Waals surface area contributed by atoms with Gasteiger partial charge in [-0.05, 0) is 46.5 Å². The third-order valence-corrected chi connectivity index (χ3v) is 3.67. The first-order valence-electron chi connectivity index (χ1n) is 6.08. The summed E-state index contributed by atoms with van der Waals surface area (Å²) in [6, 6.07) is 0.458. The van der Waals surface area contributed by atoms with Crippen LogP contribution in [0.4, 0.5) is 0 Å². The number of hydrogen-bond acceptors (Lipinski definition) is 3. The predicted octanol–water partition coefficient (Wildman–Crippen LogP) is 0.779. The van der Waals surface area contributed by atoms with Crippen molar-refractivity contribution in [1.29, 1.82) is 0 Å². The van der Waals surface area contributed by atoms with Crippen LogP contribution >= 0.6 is 0 Å². The maximum absolute atomic E-state index is 11.0. The number of nitrogens with two attached hydrogens (primary N) is 1. The lowest BCUT2D eigenvalue weighted by Gasteiger charge is -2.34. The summed E-state index contributed by atoms with van der Waals surface area (Å²) in [4.78, 5) is 11.0. The van der Waals surface area contributed by atoms with Gasteiger partial charge in [-0.25, -0.2) is 0 Å². The summed E-state index contributed by atoms with van der Waals surface area (Å²) in [6.07, 6.45) is 3.67. The lowest BCUT2D eigenvalue weighted by Crippen LogP contribution is -2.50. The van der Waals surface area contributed by atoms with Crippen LogP contribution in [0, 0.1) is 5.92 Å². The first kappa shape index (κ1) is 13.5. The third-order valence-electron chi connectivity index (χ3n) is 3.67. The fraction of sp³-hybridized carbons (Fsp3) is 0.917. The minimum atomic E-state index is -0.708. The van der Waals surface area contributed by atoms with Gasteiger partial charge >= 0.3 is 0 Å². The highest BCUT2D eigenvalue weighted by atomic mass is 16.3.